The van der Waals surface area contributed by atoms with Crippen molar-refractivity contribution in [2.45, 2.75) is 0 Å². The number of benzene rings is 3. The van der Waals surface area contributed by atoms with E-state index in [4.69, 9.17) is 0 Å². The fraction of sp³-hybridized carbons (Fsp3) is 0. The predicted molar refractivity (Wildman–Crippen MR) is 118 cm³/mol. The highest BCUT2D eigenvalue weighted by atomic mass is 16.3. The molecule has 3 aromatic carbocycles. The van der Waals surface area contributed by atoms with Crippen LogP contribution in [-0.4, -0.2) is 32.8 Å². The summed E-state index contributed by atoms with van der Waals surface area (Å²) in [5.74, 6) is 1.32. The first-order chi connectivity index (χ1) is 14.7. The van der Waals surface area contributed by atoms with Crippen LogP contribution in [0.25, 0.3) is 10.8 Å². The highest BCUT2D eigenvalue weighted by molar-refractivity contribution is 5.98. The number of hydrogen-bond acceptors (Lipinski definition) is 8. The monoisotopic (exact) mass is 398 g/mol. The van der Waals surface area contributed by atoms with Crippen molar-refractivity contribution >= 4 is 34.8 Å². The number of aromatic nitrogens is 2. The summed E-state index contributed by atoms with van der Waals surface area (Å²) >= 11 is 0. The predicted octanol–water partition coefficient (Wildman–Crippen LogP) is 3.93. The van der Waals surface area contributed by atoms with Crippen LogP contribution in [0.5, 0.6) is 11.5 Å². The summed E-state index contributed by atoms with van der Waals surface area (Å²) in [6.07, 6.45) is 3.17. The van der Waals surface area contributed by atoms with E-state index in [0.29, 0.717) is 11.6 Å². The maximum absolute atomic E-state index is 9.52. The zero-order valence-corrected chi connectivity index (χ0v) is 15.8. The van der Waals surface area contributed by atoms with Gasteiger partial charge in [-0.1, -0.05) is 48.5 Å². The molecule has 4 N–H and O–H groups in total. The van der Waals surface area contributed by atoms with Crippen molar-refractivity contribution in [2.75, 3.05) is 10.9 Å². The van der Waals surface area contributed by atoms with Crippen LogP contribution in [0.4, 0.5) is 11.6 Å². The molecular weight excluding hydrogens is 380 g/mol. The fourth-order valence-electron chi connectivity index (χ4n) is 2.82. The summed E-state index contributed by atoms with van der Waals surface area (Å²) in [5, 5.41) is 37.4. The van der Waals surface area contributed by atoms with E-state index < -0.39 is 0 Å². The third-order valence-electron chi connectivity index (χ3n) is 4.20. The molecule has 0 bridgehead atoms. The van der Waals surface area contributed by atoms with Gasteiger partial charge in [-0.15, -0.1) is 10.2 Å². The summed E-state index contributed by atoms with van der Waals surface area (Å²) in [6.45, 7) is 0. The number of rotatable bonds is 6. The van der Waals surface area contributed by atoms with E-state index in [-0.39, 0.29) is 11.5 Å². The second-order valence-corrected chi connectivity index (χ2v) is 6.37. The normalized spacial score (nSPS) is 11.3. The molecule has 0 atom stereocenters. The lowest BCUT2D eigenvalue weighted by Gasteiger charge is -2.08. The van der Waals surface area contributed by atoms with E-state index in [1.165, 1.54) is 0 Å². The fourth-order valence-corrected chi connectivity index (χ4v) is 2.82. The van der Waals surface area contributed by atoms with E-state index in [2.05, 4.69) is 31.3 Å². The van der Waals surface area contributed by atoms with Gasteiger partial charge in [0.1, 0.15) is 11.5 Å². The summed E-state index contributed by atoms with van der Waals surface area (Å²) in [5.41, 5.74) is 7.28. The molecule has 0 fully saturated rings. The molecule has 8 nitrogen and oxygen atoms in total. The Kier molecular flexibility index (Phi) is 5.47. The lowest BCUT2D eigenvalue weighted by Crippen LogP contribution is -2.01. The van der Waals surface area contributed by atoms with Gasteiger partial charge in [0.15, 0.2) is 11.6 Å². The van der Waals surface area contributed by atoms with Crippen molar-refractivity contribution in [3.8, 4) is 11.5 Å². The number of aromatic hydroxyl groups is 2. The molecule has 0 saturated heterocycles. The minimum atomic E-state index is 0.172. The van der Waals surface area contributed by atoms with Crippen LogP contribution in [-0.2, 0) is 0 Å². The van der Waals surface area contributed by atoms with Crippen molar-refractivity contribution in [3.63, 3.8) is 0 Å². The summed E-state index contributed by atoms with van der Waals surface area (Å²) in [6, 6.07) is 21.1. The Labute approximate surface area is 172 Å². The van der Waals surface area contributed by atoms with E-state index in [9.17, 15) is 10.2 Å². The Morgan fingerprint density at radius 1 is 0.633 bits per heavy atom. The zero-order chi connectivity index (χ0) is 20.8. The van der Waals surface area contributed by atoms with Crippen LogP contribution in [0.2, 0.25) is 0 Å². The van der Waals surface area contributed by atoms with Crippen LogP contribution in [0, 0.1) is 0 Å². The maximum Gasteiger partial charge on any atom is 0.176 e. The zero-order valence-electron chi connectivity index (χ0n) is 15.8. The number of phenols is 2. The Hall–Kier alpha value is -4.46. The van der Waals surface area contributed by atoms with Crippen LogP contribution in [0.3, 0.4) is 0 Å². The van der Waals surface area contributed by atoms with E-state index in [1.54, 1.807) is 48.8 Å². The number of phenolic OH excluding ortho intramolecular Hbond substituents is 2. The Balaban J connectivity index is 1.54. The number of nitrogens with one attached hydrogen (secondary N) is 2. The smallest absolute Gasteiger partial charge is 0.176 e. The van der Waals surface area contributed by atoms with Crippen LogP contribution in [0.15, 0.2) is 83.0 Å². The summed E-state index contributed by atoms with van der Waals surface area (Å²) < 4.78 is 0. The Bertz CT molecular complexity index is 1140. The van der Waals surface area contributed by atoms with Gasteiger partial charge in [-0.05, 0) is 35.4 Å². The van der Waals surface area contributed by atoms with Gasteiger partial charge in [-0.2, -0.15) is 10.2 Å². The summed E-state index contributed by atoms with van der Waals surface area (Å²) in [7, 11) is 0. The lowest BCUT2D eigenvalue weighted by molar-refractivity contribution is 0.474. The first-order valence-electron chi connectivity index (χ1n) is 9.11. The molecule has 0 radical (unpaired) electrons. The molecule has 30 heavy (non-hydrogen) atoms. The molecule has 1 heterocycles. The molecule has 0 aliphatic rings. The standard InChI is InChI=1S/C22H18N6O2/c29-17-7-3-5-15(11-17)13-23-25-21-19-9-1-2-10-20(19)22(28-27-21)26-24-14-16-6-4-8-18(30)12-16/h1-14,29-30H,(H,25,27)(H,26,28). The largest absolute Gasteiger partial charge is 0.508 e. The number of hydrazone groups is 2. The van der Waals surface area contributed by atoms with Gasteiger partial charge in [-0.25, -0.2) is 0 Å². The highest BCUT2D eigenvalue weighted by Gasteiger charge is 2.08. The maximum atomic E-state index is 9.52. The molecule has 0 amide bonds. The first-order valence-corrected chi connectivity index (χ1v) is 9.11. The van der Waals surface area contributed by atoms with Crippen molar-refractivity contribution < 1.29 is 10.2 Å². The number of hydrogen-bond donors (Lipinski definition) is 4. The van der Waals surface area contributed by atoms with Crippen LogP contribution >= 0.6 is 0 Å². The molecule has 0 aliphatic carbocycles. The minimum absolute atomic E-state index is 0.172. The van der Waals surface area contributed by atoms with E-state index >= 15 is 0 Å². The molecule has 0 saturated carbocycles. The molecule has 148 valence electrons. The molecule has 1 aromatic heterocycles. The van der Waals surface area contributed by atoms with Gasteiger partial charge in [0.25, 0.3) is 0 Å². The van der Waals surface area contributed by atoms with Gasteiger partial charge in [0.2, 0.25) is 0 Å². The SMILES string of the molecule is Oc1cccc(C=NNc2nnc(NN=Cc3cccc(O)c3)c3ccccc23)c1. The third-order valence-corrected chi connectivity index (χ3v) is 4.20. The van der Waals surface area contributed by atoms with E-state index in [1.807, 2.05) is 36.4 Å². The highest BCUT2D eigenvalue weighted by Crippen LogP contribution is 2.26. The molecule has 0 unspecified atom stereocenters. The number of fused-ring (bicyclic) bond motifs is 1. The number of anilines is 2. The van der Waals surface area contributed by atoms with Crippen molar-refractivity contribution in [1.82, 2.24) is 10.2 Å². The second-order valence-electron chi connectivity index (χ2n) is 6.37. The van der Waals surface area contributed by atoms with Crippen LogP contribution < -0.4 is 10.9 Å². The average Bonchev–Trinajstić information content (AvgIpc) is 2.75. The van der Waals surface area contributed by atoms with Gasteiger partial charge < -0.3 is 10.2 Å². The molecule has 0 aliphatic heterocycles. The topological polar surface area (TPSA) is 115 Å². The lowest BCUT2D eigenvalue weighted by atomic mass is 10.2. The molecular formula is C22H18N6O2. The molecule has 8 heteroatoms. The van der Waals surface area contributed by atoms with Crippen molar-refractivity contribution in [3.05, 3.63) is 83.9 Å². The van der Waals surface area contributed by atoms with Gasteiger partial charge in [0.05, 0.1) is 12.4 Å². The van der Waals surface area contributed by atoms with Crippen molar-refractivity contribution in [1.29, 1.82) is 0 Å². The Morgan fingerprint density at radius 2 is 1.10 bits per heavy atom. The summed E-state index contributed by atoms with van der Waals surface area (Å²) in [4.78, 5) is 0. The van der Waals surface area contributed by atoms with Crippen molar-refractivity contribution in [2.24, 2.45) is 10.2 Å². The quantitative estimate of drug-likeness (QED) is 0.289. The molecule has 4 rings (SSSR count). The van der Waals surface area contributed by atoms with Gasteiger partial charge in [-0.3, -0.25) is 10.9 Å². The van der Waals surface area contributed by atoms with Crippen LogP contribution in [0.1, 0.15) is 11.1 Å². The third kappa shape index (κ3) is 4.50. The molecule has 0 spiro atoms. The van der Waals surface area contributed by atoms with Gasteiger partial charge >= 0.3 is 0 Å². The van der Waals surface area contributed by atoms with E-state index in [0.717, 1.165) is 21.9 Å². The van der Waals surface area contributed by atoms with Gasteiger partial charge in [0, 0.05) is 10.8 Å². The second kappa shape index (κ2) is 8.70. The average molecular weight is 398 g/mol. The first kappa shape index (κ1) is 18.9. The molecule has 4 aromatic rings. The number of nitrogens with zero attached hydrogens (tertiary/aromatic N) is 4. The Morgan fingerprint density at radius 3 is 1.53 bits per heavy atom. The minimum Gasteiger partial charge on any atom is -0.508 e.